The first-order valence-electron chi connectivity index (χ1n) is 9.18. The van der Waals surface area contributed by atoms with E-state index in [2.05, 4.69) is 21.2 Å². The molecule has 0 bridgehead atoms. The van der Waals surface area contributed by atoms with Crippen LogP contribution in [-0.4, -0.2) is 30.9 Å². The lowest BCUT2D eigenvalue weighted by atomic mass is 10.1. The van der Waals surface area contributed by atoms with E-state index in [4.69, 9.17) is 16.3 Å². The molecule has 152 valence electrons. The molecule has 1 saturated heterocycles. The lowest BCUT2D eigenvalue weighted by molar-refractivity contribution is -0.151. The van der Waals surface area contributed by atoms with Crippen LogP contribution in [0.2, 0.25) is 5.02 Å². The lowest BCUT2D eigenvalue weighted by Gasteiger charge is -2.16. The van der Waals surface area contributed by atoms with E-state index in [0.717, 1.165) is 16.5 Å². The van der Waals surface area contributed by atoms with Crippen LogP contribution in [0.15, 0.2) is 46.9 Å². The standard InChI is InChI=1S/C21H20BrClN2O4/c1-2-13-9-15(22)3-8-18(13)24-19(26)12-29-21(28)14-10-20(27)25(11-14)17-6-4-16(23)5-7-17/h3-9,14H,2,10-12H2,1H3,(H,24,26)/t14-/m0/s1. The number of amides is 2. The maximum atomic E-state index is 12.3. The zero-order valence-corrected chi connectivity index (χ0v) is 18.1. The predicted molar refractivity (Wildman–Crippen MR) is 115 cm³/mol. The summed E-state index contributed by atoms with van der Waals surface area (Å²) in [7, 11) is 0. The van der Waals surface area contributed by atoms with Crippen LogP contribution in [-0.2, 0) is 25.5 Å². The van der Waals surface area contributed by atoms with Crippen molar-refractivity contribution in [1.29, 1.82) is 0 Å². The van der Waals surface area contributed by atoms with E-state index in [1.807, 2.05) is 19.1 Å². The van der Waals surface area contributed by atoms with Crippen molar-refractivity contribution in [2.45, 2.75) is 19.8 Å². The van der Waals surface area contributed by atoms with Crippen molar-refractivity contribution in [1.82, 2.24) is 0 Å². The van der Waals surface area contributed by atoms with Gasteiger partial charge in [-0.25, -0.2) is 0 Å². The van der Waals surface area contributed by atoms with E-state index in [1.54, 1.807) is 30.3 Å². The van der Waals surface area contributed by atoms with Crippen LogP contribution in [0.1, 0.15) is 18.9 Å². The zero-order chi connectivity index (χ0) is 21.0. The van der Waals surface area contributed by atoms with Crippen molar-refractivity contribution in [3.8, 4) is 0 Å². The Morgan fingerprint density at radius 1 is 1.24 bits per heavy atom. The minimum absolute atomic E-state index is 0.0514. The van der Waals surface area contributed by atoms with Crippen LogP contribution in [0.25, 0.3) is 0 Å². The molecular weight excluding hydrogens is 460 g/mol. The van der Waals surface area contributed by atoms with Crippen molar-refractivity contribution in [3.63, 3.8) is 0 Å². The van der Waals surface area contributed by atoms with Gasteiger partial charge < -0.3 is 15.0 Å². The number of aryl methyl sites for hydroxylation is 1. The van der Waals surface area contributed by atoms with Crippen molar-refractivity contribution in [2.75, 3.05) is 23.4 Å². The Morgan fingerprint density at radius 2 is 1.97 bits per heavy atom. The third-order valence-corrected chi connectivity index (χ3v) is 5.41. The molecule has 1 heterocycles. The van der Waals surface area contributed by atoms with Gasteiger partial charge in [-0.1, -0.05) is 34.5 Å². The minimum Gasteiger partial charge on any atom is -0.455 e. The van der Waals surface area contributed by atoms with Gasteiger partial charge in [0.05, 0.1) is 5.92 Å². The lowest BCUT2D eigenvalue weighted by Crippen LogP contribution is -2.28. The molecule has 1 N–H and O–H groups in total. The first-order valence-corrected chi connectivity index (χ1v) is 10.3. The number of nitrogens with zero attached hydrogens (tertiary/aromatic N) is 1. The normalized spacial score (nSPS) is 16.0. The molecule has 1 aliphatic rings. The number of ether oxygens (including phenoxy) is 1. The van der Waals surface area contributed by atoms with E-state index in [0.29, 0.717) is 16.4 Å². The molecule has 6 nitrogen and oxygen atoms in total. The summed E-state index contributed by atoms with van der Waals surface area (Å²) < 4.78 is 6.07. The molecule has 0 aromatic heterocycles. The number of anilines is 2. The highest BCUT2D eigenvalue weighted by molar-refractivity contribution is 9.10. The van der Waals surface area contributed by atoms with Gasteiger partial charge in [-0.2, -0.15) is 0 Å². The van der Waals surface area contributed by atoms with Gasteiger partial charge in [0.15, 0.2) is 6.61 Å². The van der Waals surface area contributed by atoms with Gasteiger partial charge in [-0.15, -0.1) is 0 Å². The number of halogens is 2. The Morgan fingerprint density at radius 3 is 2.66 bits per heavy atom. The molecule has 1 aliphatic heterocycles. The molecule has 2 amide bonds. The second-order valence-electron chi connectivity index (χ2n) is 6.69. The molecule has 0 spiro atoms. The van der Waals surface area contributed by atoms with Gasteiger partial charge in [0.1, 0.15) is 0 Å². The smallest absolute Gasteiger partial charge is 0.311 e. The van der Waals surface area contributed by atoms with E-state index < -0.39 is 24.4 Å². The summed E-state index contributed by atoms with van der Waals surface area (Å²) in [4.78, 5) is 38.3. The second kappa shape index (κ2) is 9.41. The number of hydrogen-bond donors (Lipinski definition) is 1. The van der Waals surface area contributed by atoms with Gasteiger partial charge in [-0.3, -0.25) is 14.4 Å². The number of carbonyl (C=O) groups is 3. The van der Waals surface area contributed by atoms with Crippen LogP contribution < -0.4 is 10.2 Å². The molecule has 0 radical (unpaired) electrons. The molecule has 3 rings (SSSR count). The van der Waals surface area contributed by atoms with Gasteiger partial charge in [0.2, 0.25) is 5.91 Å². The molecule has 0 saturated carbocycles. The third-order valence-electron chi connectivity index (χ3n) is 4.66. The van der Waals surface area contributed by atoms with E-state index in [-0.39, 0.29) is 18.9 Å². The molecule has 0 unspecified atom stereocenters. The maximum Gasteiger partial charge on any atom is 0.311 e. The largest absolute Gasteiger partial charge is 0.455 e. The fourth-order valence-electron chi connectivity index (χ4n) is 3.15. The summed E-state index contributed by atoms with van der Waals surface area (Å²) in [6.07, 6.45) is 0.801. The van der Waals surface area contributed by atoms with Crippen LogP contribution in [0.4, 0.5) is 11.4 Å². The summed E-state index contributed by atoms with van der Waals surface area (Å²) in [5.74, 6) is -1.75. The third kappa shape index (κ3) is 5.36. The Labute approximate surface area is 182 Å². The van der Waals surface area contributed by atoms with Crippen molar-refractivity contribution in [3.05, 3.63) is 57.5 Å². The second-order valence-corrected chi connectivity index (χ2v) is 8.04. The first kappa shape index (κ1) is 21.3. The van der Waals surface area contributed by atoms with Gasteiger partial charge in [0, 0.05) is 33.8 Å². The molecule has 2 aromatic carbocycles. The van der Waals surface area contributed by atoms with Crippen LogP contribution in [0.3, 0.4) is 0 Å². The van der Waals surface area contributed by atoms with Crippen molar-refractivity contribution >= 4 is 56.7 Å². The van der Waals surface area contributed by atoms with Crippen LogP contribution in [0, 0.1) is 5.92 Å². The monoisotopic (exact) mass is 478 g/mol. The molecule has 0 aliphatic carbocycles. The maximum absolute atomic E-state index is 12.3. The molecule has 8 heteroatoms. The van der Waals surface area contributed by atoms with Crippen LogP contribution >= 0.6 is 27.5 Å². The van der Waals surface area contributed by atoms with Crippen molar-refractivity contribution in [2.24, 2.45) is 5.92 Å². The highest BCUT2D eigenvalue weighted by atomic mass is 79.9. The predicted octanol–water partition coefficient (Wildman–Crippen LogP) is 4.20. The van der Waals surface area contributed by atoms with E-state index in [9.17, 15) is 14.4 Å². The molecule has 29 heavy (non-hydrogen) atoms. The fraction of sp³-hybridized carbons (Fsp3) is 0.286. The van der Waals surface area contributed by atoms with Gasteiger partial charge in [-0.05, 0) is 54.4 Å². The number of hydrogen-bond acceptors (Lipinski definition) is 4. The SMILES string of the molecule is CCc1cc(Br)ccc1NC(=O)COC(=O)[C@H]1CC(=O)N(c2ccc(Cl)cc2)C1. The Balaban J connectivity index is 1.54. The Kier molecular flexibility index (Phi) is 6.92. The molecule has 1 fully saturated rings. The Bertz CT molecular complexity index is 933. The summed E-state index contributed by atoms with van der Waals surface area (Å²) >= 11 is 9.27. The molecular formula is C21H20BrClN2O4. The number of nitrogens with one attached hydrogen (secondary N) is 1. The average Bonchev–Trinajstić information content (AvgIpc) is 3.09. The Hall–Kier alpha value is -2.38. The quantitative estimate of drug-likeness (QED) is 0.630. The summed E-state index contributed by atoms with van der Waals surface area (Å²) in [6, 6.07) is 12.4. The van der Waals surface area contributed by atoms with Gasteiger partial charge >= 0.3 is 5.97 Å². The highest BCUT2D eigenvalue weighted by Crippen LogP contribution is 2.27. The fourth-order valence-corrected chi connectivity index (χ4v) is 3.69. The van der Waals surface area contributed by atoms with Gasteiger partial charge in [0.25, 0.3) is 5.91 Å². The zero-order valence-electron chi connectivity index (χ0n) is 15.8. The topological polar surface area (TPSA) is 75.7 Å². The van der Waals surface area contributed by atoms with Crippen LogP contribution in [0.5, 0.6) is 0 Å². The van der Waals surface area contributed by atoms with Crippen molar-refractivity contribution < 1.29 is 19.1 Å². The number of benzene rings is 2. The van der Waals surface area contributed by atoms with E-state index >= 15 is 0 Å². The summed E-state index contributed by atoms with van der Waals surface area (Å²) in [5.41, 5.74) is 2.33. The molecule has 1 atom stereocenters. The highest BCUT2D eigenvalue weighted by Gasteiger charge is 2.36. The number of carbonyl (C=O) groups excluding carboxylic acids is 3. The summed E-state index contributed by atoms with van der Waals surface area (Å²) in [6.45, 7) is 1.80. The average molecular weight is 480 g/mol. The number of rotatable bonds is 6. The number of esters is 1. The first-order chi connectivity index (χ1) is 13.9. The summed E-state index contributed by atoms with van der Waals surface area (Å²) in [5, 5.41) is 3.33. The van der Waals surface area contributed by atoms with E-state index in [1.165, 1.54) is 4.90 Å². The molecule has 2 aromatic rings. The minimum atomic E-state index is -0.607.